The van der Waals surface area contributed by atoms with Crippen LogP contribution >= 0.6 is 0 Å². The zero-order chi connectivity index (χ0) is 8.32. The molecule has 1 nitrogen and oxygen atoms in total. The lowest BCUT2D eigenvalue weighted by molar-refractivity contribution is -0.137. The van der Waals surface area contributed by atoms with Gasteiger partial charge in [0.05, 0.1) is 12.2 Å². The maximum absolute atomic E-state index is 5.47. The van der Waals surface area contributed by atoms with Gasteiger partial charge in [-0.05, 0) is 40.0 Å². The molecule has 0 saturated carbocycles. The molecule has 1 atom stereocenters. The quantitative estimate of drug-likeness (QED) is 0.568. The monoisotopic (exact) mass is 154 g/mol. The lowest BCUT2D eigenvalue weighted by Crippen LogP contribution is -2.40. The molecule has 0 N–H and O–H groups in total. The molecule has 0 radical (unpaired) electrons. The summed E-state index contributed by atoms with van der Waals surface area (Å²) in [7, 11) is 0. The van der Waals surface area contributed by atoms with Gasteiger partial charge < -0.3 is 4.74 Å². The smallest absolute Gasteiger partial charge is 0.0679 e. The Kier molecular flexibility index (Phi) is 2.72. The third kappa shape index (κ3) is 2.66. The van der Waals surface area contributed by atoms with Crippen molar-refractivity contribution in [3.63, 3.8) is 0 Å². The molecule has 0 bridgehead atoms. The Hall–Kier alpha value is -0.300. The minimum Gasteiger partial charge on any atom is -0.375 e. The lowest BCUT2D eigenvalue weighted by atomic mass is 9.91. The van der Waals surface area contributed by atoms with E-state index in [4.69, 9.17) is 4.74 Å². The minimum atomic E-state index is 0.214. The molecule has 1 heteroatoms. The highest BCUT2D eigenvalue weighted by Crippen LogP contribution is 2.30. The molecule has 0 aromatic rings. The molecule has 1 heterocycles. The molecule has 11 heavy (non-hydrogen) atoms. The summed E-state index contributed by atoms with van der Waals surface area (Å²) in [5, 5.41) is 0. The first-order valence-corrected chi connectivity index (χ1v) is 4.40. The molecule has 0 unspecified atom stereocenters. The van der Waals surface area contributed by atoms with Gasteiger partial charge in [0.15, 0.2) is 0 Å². The molecular weight excluding hydrogens is 136 g/mol. The van der Waals surface area contributed by atoms with Crippen molar-refractivity contribution < 1.29 is 4.74 Å². The first-order valence-electron chi connectivity index (χ1n) is 4.40. The van der Waals surface area contributed by atoms with E-state index in [2.05, 4.69) is 26.8 Å². The van der Waals surface area contributed by atoms with E-state index in [0.717, 1.165) is 6.61 Å². The molecule has 64 valence electrons. The summed E-state index contributed by atoms with van der Waals surface area (Å²) in [4.78, 5) is 0. The fourth-order valence-corrected chi connectivity index (χ4v) is 1.31. The highest BCUT2D eigenvalue weighted by molar-refractivity contribution is 4.95. The van der Waals surface area contributed by atoms with Crippen LogP contribution in [0.5, 0.6) is 0 Å². The second-order valence-corrected chi connectivity index (χ2v) is 3.87. The van der Waals surface area contributed by atoms with Gasteiger partial charge in [0.25, 0.3) is 0 Å². The van der Waals surface area contributed by atoms with Crippen molar-refractivity contribution in [2.45, 2.75) is 45.6 Å². The van der Waals surface area contributed by atoms with E-state index in [-0.39, 0.29) is 5.60 Å². The van der Waals surface area contributed by atoms with Crippen molar-refractivity contribution in [1.29, 1.82) is 0 Å². The van der Waals surface area contributed by atoms with Gasteiger partial charge >= 0.3 is 0 Å². The van der Waals surface area contributed by atoms with E-state index < -0.39 is 0 Å². The van der Waals surface area contributed by atoms with Crippen molar-refractivity contribution in [3.8, 4) is 0 Å². The number of rotatable bonds is 3. The highest BCUT2D eigenvalue weighted by atomic mass is 16.5. The first kappa shape index (κ1) is 8.79. The van der Waals surface area contributed by atoms with Crippen LogP contribution in [0.3, 0.4) is 0 Å². The van der Waals surface area contributed by atoms with Gasteiger partial charge in [-0.25, -0.2) is 0 Å². The summed E-state index contributed by atoms with van der Waals surface area (Å²) in [6, 6.07) is 0. The summed E-state index contributed by atoms with van der Waals surface area (Å²) < 4.78 is 5.47. The van der Waals surface area contributed by atoms with Crippen LogP contribution < -0.4 is 0 Å². The molecule has 0 amide bonds. The van der Waals surface area contributed by atoms with E-state index in [1.807, 2.05) is 0 Å². The molecule has 1 aliphatic heterocycles. The SMILES string of the molecule is CC(C)=CCC[C@@]1(C)CCO1. The fourth-order valence-electron chi connectivity index (χ4n) is 1.31. The van der Waals surface area contributed by atoms with Gasteiger partial charge in [0.1, 0.15) is 0 Å². The topological polar surface area (TPSA) is 9.23 Å². The van der Waals surface area contributed by atoms with Crippen LogP contribution in [0.2, 0.25) is 0 Å². The molecule has 0 aromatic carbocycles. The van der Waals surface area contributed by atoms with E-state index in [1.54, 1.807) is 0 Å². The average Bonchev–Trinajstić information content (AvgIpc) is 1.83. The van der Waals surface area contributed by atoms with Crippen molar-refractivity contribution in [2.24, 2.45) is 0 Å². The van der Waals surface area contributed by atoms with Gasteiger partial charge in [-0.3, -0.25) is 0 Å². The maximum atomic E-state index is 5.47. The van der Waals surface area contributed by atoms with Crippen LogP contribution in [0.25, 0.3) is 0 Å². The van der Waals surface area contributed by atoms with E-state index in [9.17, 15) is 0 Å². The summed E-state index contributed by atoms with van der Waals surface area (Å²) >= 11 is 0. The van der Waals surface area contributed by atoms with E-state index >= 15 is 0 Å². The standard InChI is InChI=1S/C10H18O/c1-9(2)5-4-6-10(3)7-8-11-10/h5H,4,6-8H2,1-3H3/t10-/m0/s1. The third-order valence-electron chi connectivity index (χ3n) is 2.31. The Labute approximate surface area is 69.4 Å². The van der Waals surface area contributed by atoms with Crippen LogP contribution in [0.1, 0.15) is 40.0 Å². The third-order valence-corrected chi connectivity index (χ3v) is 2.31. The number of allylic oxidation sites excluding steroid dienone is 2. The van der Waals surface area contributed by atoms with Gasteiger partial charge in [-0.2, -0.15) is 0 Å². The van der Waals surface area contributed by atoms with Crippen molar-refractivity contribution in [2.75, 3.05) is 6.61 Å². The Morgan fingerprint density at radius 3 is 2.55 bits per heavy atom. The Balaban J connectivity index is 2.16. The second kappa shape index (κ2) is 3.40. The molecule has 1 rings (SSSR count). The molecular formula is C10H18O. The van der Waals surface area contributed by atoms with Crippen LogP contribution in [-0.2, 0) is 4.74 Å². The molecule has 1 fully saturated rings. The normalized spacial score (nSPS) is 29.4. The Morgan fingerprint density at radius 2 is 2.18 bits per heavy atom. The summed E-state index contributed by atoms with van der Waals surface area (Å²) in [5.74, 6) is 0. The summed E-state index contributed by atoms with van der Waals surface area (Å²) in [6.07, 6.45) is 5.87. The maximum Gasteiger partial charge on any atom is 0.0679 e. The molecule has 1 aliphatic rings. The summed E-state index contributed by atoms with van der Waals surface area (Å²) in [5.41, 5.74) is 1.62. The molecule has 1 saturated heterocycles. The minimum absolute atomic E-state index is 0.214. The zero-order valence-corrected chi connectivity index (χ0v) is 7.81. The predicted octanol–water partition coefficient (Wildman–Crippen LogP) is 2.91. The van der Waals surface area contributed by atoms with Crippen molar-refractivity contribution in [1.82, 2.24) is 0 Å². The Bertz CT molecular complexity index is 150. The van der Waals surface area contributed by atoms with Gasteiger partial charge in [-0.1, -0.05) is 11.6 Å². The Morgan fingerprint density at radius 1 is 1.55 bits per heavy atom. The van der Waals surface area contributed by atoms with Crippen molar-refractivity contribution in [3.05, 3.63) is 11.6 Å². The van der Waals surface area contributed by atoms with Crippen LogP contribution in [-0.4, -0.2) is 12.2 Å². The average molecular weight is 154 g/mol. The molecule has 0 spiro atoms. The van der Waals surface area contributed by atoms with Gasteiger partial charge in [0.2, 0.25) is 0 Å². The second-order valence-electron chi connectivity index (χ2n) is 3.87. The fraction of sp³-hybridized carbons (Fsp3) is 0.800. The molecule has 0 aliphatic carbocycles. The number of hydrogen-bond acceptors (Lipinski definition) is 1. The van der Waals surface area contributed by atoms with E-state index in [0.29, 0.717) is 0 Å². The highest BCUT2D eigenvalue weighted by Gasteiger charge is 2.31. The number of ether oxygens (including phenoxy) is 1. The van der Waals surface area contributed by atoms with Crippen LogP contribution in [0.4, 0.5) is 0 Å². The first-order chi connectivity index (χ1) is 5.12. The van der Waals surface area contributed by atoms with E-state index in [1.165, 1.54) is 24.8 Å². The largest absolute Gasteiger partial charge is 0.375 e. The van der Waals surface area contributed by atoms with Gasteiger partial charge in [-0.15, -0.1) is 0 Å². The van der Waals surface area contributed by atoms with Gasteiger partial charge in [0, 0.05) is 0 Å². The predicted molar refractivity (Wildman–Crippen MR) is 47.6 cm³/mol. The zero-order valence-electron chi connectivity index (χ0n) is 7.81. The van der Waals surface area contributed by atoms with Crippen molar-refractivity contribution >= 4 is 0 Å². The molecule has 0 aromatic heterocycles. The van der Waals surface area contributed by atoms with Crippen LogP contribution in [0, 0.1) is 0 Å². The lowest BCUT2D eigenvalue weighted by Gasteiger charge is -2.38. The summed E-state index contributed by atoms with van der Waals surface area (Å²) in [6.45, 7) is 7.45. The number of hydrogen-bond donors (Lipinski definition) is 0. The van der Waals surface area contributed by atoms with Crippen LogP contribution in [0.15, 0.2) is 11.6 Å².